The Morgan fingerprint density at radius 3 is 1.93 bits per heavy atom. The lowest BCUT2D eigenvalue weighted by molar-refractivity contribution is -0.142. The molecule has 434 valence electrons. The summed E-state index contributed by atoms with van der Waals surface area (Å²) in [6, 6.07) is 31.8. The van der Waals surface area contributed by atoms with Crippen LogP contribution in [0.1, 0.15) is 73.3 Å². The number of aliphatic imine (C=N–C) groups is 1. The molecule has 0 bridgehead atoms. The second-order valence-electron chi connectivity index (χ2n) is 20.4. The Bertz CT molecular complexity index is 3200. The molecule has 5 rings (SSSR count). The molecule has 0 spiro atoms. The maximum Gasteiger partial charge on any atom is 0.325 e. The Morgan fingerprint density at radius 2 is 1.32 bits per heavy atom. The number of carbonyl (C=O) groups is 5. The van der Waals surface area contributed by atoms with Crippen LogP contribution in [0.3, 0.4) is 0 Å². The van der Waals surface area contributed by atoms with Gasteiger partial charge in [-0.2, -0.15) is 11.8 Å². The van der Waals surface area contributed by atoms with Gasteiger partial charge < -0.3 is 40.6 Å². The standard InChI is InChI=1S/C61H78N7O10PS2/c1-11-43(6)56(59(72)64-44(7)61(73)74)67-58(71)55(40(2)3)66-57(70)50(65-54(69)38-63-81(76,77)53-34-22-30-47-48(53)31-21-32-51(47)68(8)9)39-80-36-35-41(4)23-20-24-42(5)37-62-60(78-10)49-29-18-19-33-52(49)79(75,45-25-14-12-15-26-45)46-27-16-13-17-28-46/h12-19,21-22,24-35,40,43-44,50,55-56,63H,11,20,23,36-39H2,1-10H3,(H,64,72)(H,65,69)(H,66,70)(H,67,71)(H,73,74)/b41-35+,42-24+,62-60?/t43-,44-,50-,55-,56-/m0/s1. The smallest absolute Gasteiger partial charge is 0.325 e. The van der Waals surface area contributed by atoms with Crippen molar-refractivity contribution in [2.24, 2.45) is 16.8 Å². The third-order valence-electron chi connectivity index (χ3n) is 13.7. The highest BCUT2D eigenvalue weighted by Crippen LogP contribution is 2.43. The van der Waals surface area contributed by atoms with Crippen molar-refractivity contribution < 1.29 is 46.8 Å². The van der Waals surface area contributed by atoms with Crippen molar-refractivity contribution in [1.82, 2.24) is 26.0 Å². The van der Waals surface area contributed by atoms with Gasteiger partial charge in [0.25, 0.3) is 0 Å². The van der Waals surface area contributed by atoms with Gasteiger partial charge in [0.15, 0.2) is 7.14 Å². The lowest BCUT2D eigenvalue weighted by Crippen LogP contribution is -2.60. The minimum atomic E-state index is -4.24. The molecule has 0 aromatic heterocycles. The first-order chi connectivity index (χ1) is 38.5. The van der Waals surface area contributed by atoms with Crippen molar-refractivity contribution >= 4 is 96.8 Å². The number of sulfonamides is 1. The molecule has 81 heavy (non-hydrogen) atoms. The van der Waals surface area contributed by atoms with E-state index in [2.05, 4.69) is 32.1 Å². The maximum atomic E-state index is 15.3. The number of hydrogen-bond acceptors (Lipinski definition) is 12. The minimum Gasteiger partial charge on any atom is -0.481 e. The van der Waals surface area contributed by atoms with Gasteiger partial charge >= 0.3 is 5.97 Å². The van der Waals surface area contributed by atoms with Crippen LogP contribution >= 0.6 is 18.9 Å². The lowest BCUT2D eigenvalue weighted by atomic mass is 9.96. The zero-order valence-corrected chi connectivity index (χ0v) is 50.4. The zero-order valence-electron chi connectivity index (χ0n) is 47.9. The first kappa shape index (κ1) is 64.8. The summed E-state index contributed by atoms with van der Waals surface area (Å²) >= 11 is 1.35. The zero-order chi connectivity index (χ0) is 59.4. The molecule has 0 heterocycles. The second-order valence-corrected chi connectivity index (χ2v) is 26.0. The fourth-order valence-electron chi connectivity index (χ4n) is 8.84. The van der Waals surface area contributed by atoms with Crippen molar-refractivity contribution in [3.8, 4) is 0 Å². The Labute approximate surface area is 481 Å². The molecule has 0 saturated heterocycles. The summed E-state index contributed by atoms with van der Waals surface area (Å²) in [5.74, 6) is -4.19. The number of thioether (sulfide) groups is 1. The number of carboxylic acid groups (broad SMARTS) is 1. The summed E-state index contributed by atoms with van der Waals surface area (Å²) in [6.07, 6.45) is 6.01. The van der Waals surface area contributed by atoms with Crippen LogP contribution in [0, 0.1) is 11.8 Å². The number of carbonyl (C=O) groups excluding carboxylic acids is 4. The molecule has 0 aliphatic rings. The van der Waals surface area contributed by atoms with Gasteiger partial charge in [-0.1, -0.05) is 161 Å². The average molecular weight is 1160 g/mol. The molecule has 0 aliphatic heterocycles. The molecule has 4 amide bonds. The number of allylic oxidation sites excluding steroid dienone is 2. The van der Waals surface area contributed by atoms with E-state index in [4.69, 9.17) is 9.73 Å². The Morgan fingerprint density at radius 1 is 0.728 bits per heavy atom. The molecular formula is C61H78N7O10PS2. The summed E-state index contributed by atoms with van der Waals surface area (Å²) in [6.45, 7) is 11.9. The molecule has 0 fully saturated rings. The van der Waals surface area contributed by atoms with Gasteiger partial charge in [-0.25, -0.2) is 18.1 Å². The maximum absolute atomic E-state index is 15.3. The molecule has 17 nitrogen and oxygen atoms in total. The summed E-state index contributed by atoms with van der Waals surface area (Å²) in [5, 5.41) is 23.2. The number of nitrogens with one attached hydrogen (secondary N) is 5. The minimum absolute atomic E-state index is 0.0236. The average Bonchev–Trinajstić information content (AvgIpc) is 3.64. The predicted octanol–water partition coefficient (Wildman–Crippen LogP) is 7.07. The topological polar surface area (TPSA) is 242 Å². The molecule has 5 atom stereocenters. The quantitative estimate of drug-likeness (QED) is 0.00927. The number of methoxy groups -OCH3 is 1. The van der Waals surface area contributed by atoms with E-state index < -0.39 is 89.3 Å². The number of anilines is 1. The third kappa shape index (κ3) is 17.7. The molecule has 0 unspecified atom stereocenters. The van der Waals surface area contributed by atoms with Crippen molar-refractivity contribution in [2.45, 2.75) is 96.8 Å². The van der Waals surface area contributed by atoms with Gasteiger partial charge in [0.05, 0.1) is 25.1 Å². The number of benzene rings is 5. The van der Waals surface area contributed by atoms with Gasteiger partial charge in [-0.3, -0.25) is 24.0 Å². The number of amides is 4. The molecule has 5 aromatic rings. The molecule has 0 radical (unpaired) electrons. The molecular weight excluding hydrogens is 1090 g/mol. The van der Waals surface area contributed by atoms with E-state index in [0.717, 1.165) is 16.8 Å². The number of fused-ring (bicyclic) bond motifs is 1. The fraction of sp³-hybridized carbons (Fsp3) is 0.377. The van der Waals surface area contributed by atoms with Crippen LogP contribution in [0.5, 0.6) is 0 Å². The van der Waals surface area contributed by atoms with E-state index in [0.29, 0.717) is 69.7 Å². The first-order valence-electron chi connectivity index (χ1n) is 26.9. The van der Waals surface area contributed by atoms with E-state index in [-0.39, 0.29) is 10.6 Å². The van der Waals surface area contributed by atoms with Crippen molar-refractivity contribution in [3.05, 3.63) is 150 Å². The predicted molar refractivity (Wildman–Crippen MR) is 327 cm³/mol. The monoisotopic (exact) mass is 1160 g/mol. The van der Waals surface area contributed by atoms with E-state index >= 15 is 4.57 Å². The van der Waals surface area contributed by atoms with Gasteiger partial charge in [-0.05, 0) is 63.6 Å². The van der Waals surface area contributed by atoms with E-state index in [9.17, 15) is 37.5 Å². The number of carboxylic acids is 1. The highest BCUT2D eigenvalue weighted by Gasteiger charge is 2.35. The molecule has 6 N–H and O–H groups in total. The molecule has 20 heteroatoms. The molecule has 0 aliphatic carbocycles. The summed E-state index contributed by atoms with van der Waals surface area (Å²) in [5.41, 5.74) is 3.52. The Balaban J connectivity index is 1.28. The molecule has 0 saturated carbocycles. The van der Waals surface area contributed by atoms with Crippen LogP contribution in [0.4, 0.5) is 5.69 Å². The number of aliphatic carboxylic acids is 1. The third-order valence-corrected chi connectivity index (χ3v) is 19.3. The highest BCUT2D eigenvalue weighted by atomic mass is 32.2. The highest BCUT2D eigenvalue weighted by molar-refractivity contribution is 7.99. The van der Waals surface area contributed by atoms with Crippen LogP contribution < -0.4 is 46.8 Å². The van der Waals surface area contributed by atoms with E-state index in [1.807, 2.05) is 143 Å². The largest absolute Gasteiger partial charge is 0.481 e. The number of hydrogen-bond donors (Lipinski definition) is 6. The van der Waals surface area contributed by atoms with Crippen LogP contribution in [0.25, 0.3) is 10.8 Å². The SMILES string of the molecule is CC[C@H](C)[C@H](NC(=O)[C@@H](NC(=O)[C@H](CSC/C=C(\C)CC/C=C(\C)CN=C(OC)c1ccccc1P(=O)(c1ccccc1)c1ccccc1)NC(=O)CNS(=O)(=O)c1cccc2c(N(C)C)cccc12)C(C)C)C(=O)N[C@@H](C)C(=O)O. The normalized spacial score (nSPS) is 14.3. The summed E-state index contributed by atoms with van der Waals surface area (Å²) in [7, 11) is -2.30. The van der Waals surface area contributed by atoms with Gasteiger partial charge in [0, 0.05) is 63.5 Å². The van der Waals surface area contributed by atoms with Crippen LogP contribution in [0.15, 0.2) is 155 Å². The first-order valence-corrected chi connectivity index (χ1v) is 31.3. The van der Waals surface area contributed by atoms with Gasteiger partial charge in [-0.15, -0.1) is 0 Å². The van der Waals surface area contributed by atoms with Crippen LogP contribution in [0.2, 0.25) is 0 Å². The van der Waals surface area contributed by atoms with Crippen LogP contribution in [-0.2, 0) is 43.3 Å². The van der Waals surface area contributed by atoms with Gasteiger partial charge in [0.2, 0.25) is 39.5 Å². The second kappa shape index (κ2) is 30.7. The number of nitrogens with zero attached hydrogens (tertiary/aromatic N) is 2. The fourth-order valence-corrected chi connectivity index (χ4v) is 13.9. The number of ether oxygens (including phenoxy) is 1. The van der Waals surface area contributed by atoms with E-state index in [1.54, 1.807) is 46.1 Å². The molecule has 5 aromatic carbocycles. The summed E-state index contributed by atoms with van der Waals surface area (Å²) in [4.78, 5) is 73.3. The van der Waals surface area contributed by atoms with Crippen molar-refractivity contribution in [3.63, 3.8) is 0 Å². The van der Waals surface area contributed by atoms with E-state index in [1.165, 1.54) is 24.8 Å². The van der Waals surface area contributed by atoms with Crippen molar-refractivity contribution in [1.29, 1.82) is 0 Å². The summed E-state index contributed by atoms with van der Waals surface area (Å²) < 4.78 is 51.1. The Kier molecular flexibility index (Phi) is 24.5. The Hall–Kier alpha value is -7.05. The van der Waals surface area contributed by atoms with Crippen molar-refractivity contribution in [2.75, 3.05) is 50.7 Å². The lowest BCUT2D eigenvalue weighted by Gasteiger charge is -2.29. The van der Waals surface area contributed by atoms with Crippen LogP contribution in [-0.4, -0.2) is 119 Å². The van der Waals surface area contributed by atoms with Gasteiger partial charge in [0.1, 0.15) is 24.2 Å². The number of rotatable bonds is 29.